The van der Waals surface area contributed by atoms with E-state index in [1.165, 1.54) is 16.5 Å². The number of nitrogens with zero attached hydrogens (tertiary/aromatic N) is 6. The summed E-state index contributed by atoms with van der Waals surface area (Å²) >= 11 is 0. The lowest BCUT2D eigenvalue weighted by atomic mass is 10.1. The average molecular weight is 576 g/mol. The van der Waals surface area contributed by atoms with E-state index in [0.29, 0.717) is 33.8 Å². The van der Waals surface area contributed by atoms with Crippen LogP contribution in [0.2, 0.25) is 0 Å². The number of benzene rings is 2. The fourth-order valence-corrected chi connectivity index (χ4v) is 5.03. The summed E-state index contributed by atoms with van der Waals surface area (Å²) in [7, 11) is 2.15. The standard InChI is InChI=1S/C32H33N9O2/c1-22-5-10-25(37-31(42)24-8-6-23(7-9-24)20-40-16-14-39(2)15-17-40)18-28(22)38-32(43)41-13-11-27-29(34-21-35-30(27)41)36-26-4-3-12-33-19-26/h3-13,18-19,21H,14-17,20H2,1-2H3,(H,37,42)(H,38,43)(H,34,35,36). The van der Waals surface area contributed by atoms with E-state index in [9.17, 15) is 9.59 Å². The fraction of sp³-hybridized carbons (Fsp3) is 0.219. The van der Waals surface area contributed by atoms with Crippen molar-refractivity contribution in [2.45, 2.75) is 13.5 Å². The molecule has 1 aliphatic rings. The van der Waals surface area contributed by atoms with Crippen LogP contribution in [0.3, 0.4) is 0 Å². The minimum absolute atomic E-state index is 0.214. The third-order valence-corrected chi connectivity index (χ3v) is 7.58. The average Bonchev–Trinajstić information content (AvgIpc) is 3.46. The number of aromatic nitrogens is 4. The first-order chi connectivity index (χ1) is 20.9. The number of likely N-dealkylation sites (N-methyl/N-ethyl adjacent to an activating group) is 1. The molecule has 4 heterocycles. The van der Waals surface area contributed by atoms with Gasteiger partial charge in [-0.15, -0.1) is 0 Å². The van der Waals surface area contributed by atoms with Crippen molar-refractivity contribution in [1.82, 2.24) is 29.3 Å². The largest absolute Gasteiger partial charge is 0.338 e. The van der Waals surface area contributed by atoms with Gasteiger partial charge in [0.25, 0.3) is 5.91 Å². The predicted octanol–water partition coefficient (Wildman–Crippen LogP) is 4.96. The zero-order valence-electron chi connectivity index (χ0n) is 24.1. The Hall–Kier alpha value is -5.13. The van der Waals surface area contributed by atoms with Crippen molar-refractivity contribution in [1.29, 1.82) is 0 Å². The first-order valence-electron chi connectivity index (χ1n) is 14.2. The van der Waals surface area contributed by atoms with E-state index in [1.54, 1.807) is 30.7 Å². The van der Waals surface area contributed by atoms with E-state index < -0.39 is 0 Å². The number of anilines is 4. The van der Waals surface area contributed by atoms with Crippen molar-refractivity contribution >= 4 is 45.9 Å². The second-order valence-corrected chi connectivity index (χ2v) is 10.7. The maximum atomic E-state index is 13.3. The molecule has 0 bridgehead atoms. The van der Waals surface area contributed by atoms with Crippen LogP contribution >= 0.6 is 0 Å². The molecule has 1 saturated heterocycles. The van der Waals surface area contributed by atoms with Crippen LogP contribution in [0, 0.1) is 6.92 Å². The van der Waals surface area contributed by atoms with E-state index >= 15 is 0 Å². The number of pyridine rings is 1. The quantitative estimate of drug-likeness (QED) is 0.249. The molecule has 0 saturated carbocycles. The van der Waals surface area contributed by atoms with E-state index in [-0.39, 0.29) is 11.9 Å². The second-order valence-electron chi connectivity index (χ2n) is 10.7. The molecule has 3 aromatic heterocycles. The highest BCUT2D eigenvalue weighted by atomic mass is 16.2. The summed E-state index contributed by atoms with van der Waals surface area (Å²) in [6, 6.07) is 18.3. The number of aryl methyl sites for hydroxylation is 1. The third-order valence-electron chi connectivity index (χ3n) is 7.58. The topological polar surface area (TPSA) is 120 Å². The van der Waals surface area contributed by atoms with Crippen molar-refractivity contribution < 1.29 is 9.59 Å². The van der Waals surface area contributed by atoms with Crippen LogP contribution in [0.15, 0.2) is 85.6 Å². The lowest BCUT2D eigenvalue weighted by Crippen LogP contribution is -2.43. The number of hydrogen-bond acceptors (Lipinski definition) is 8. The number of hydrogen-bond donors (Lipinski definition) is 3. The van der Waals surface area contributed by atoms with Crippen molar-refractivity contribution in [2.75, 3.05) is 49.2 Å². The minimum atomic E-state index is -0.386. The number of nitrogens with one attached hydrogen (secondary N) is 3. The van der Waals surface area contributed by atoms with Gasteiger partial charge >= 0.3 is 6.03 Å². The van der Waals surface area contributed by atoms with Crippen LogP contribution in [-0.2, 0) is 6.54 Å². The van der Waals surface area contributed by atoms with Crippen molar-refractivity contribution in [3.05, 3.63) is 102 Å². The molecule has 43 heavy (non-hydrogen) atoms. The summed E-state index contributed by atoms with van der Waals surface area (Å²) < 4.78 is 1.43. The van der Waals surface area contributed by atoms with Gasteiger partial charge in [0.05, 0.1) is 17.3 Å². The first-order valence-corrected chi connectivity index (χ1v) is 14.2. The molecule has 2 amide bonds. The second kappa shape index (κ2) is 12.4. The van der Waals surface area contributed by atoms with Crippen molar-refractivity contribution in [3.8, 4) is 0 Å². The minimum Gasteiger partial charge on any atom is -0.338 e. The molecule has 0 spiro atoms. The summed E-state index contributed by atoms with van der Waals surface area (Å²) in [5, 5.41) is 9.81. The highest BCUT2D eigenvalue weighted by Crippen LogP contribution is 2.25. The van der Waals surface area contributed by atoms with Crippen LogP contribution in [0.5, 0.6) is 0 Å². The highest BCUT2D eigenvalue weighted by molar-refractivity contribution is 6.05. The number of piperazine rings is 1. The van der Waals surface area contributed by atoms with E-state index in [4.69, 9.17) is 0 Å². The van der Waals surface area contributed by atoms with Gasteiger partial charge in [0.15, 0.2) is 5.65 Å². The Morgan fingerprint density at radius 1 is 0.907 bits per heavy atom. The smallest absolute Gasteiger partial charge is 0.331 e. The van der Waals surface area contributed by atoms with Gasteiger partial charge < -0.3 is 20.9 Å². The lowest BCUT2D eigenvalue weighted by Gasteiger charge is -2.32. The maximum absolute atomic E-state index is 13.3. The fourth-order valence-electron chi connectivity index (χ4n) is 5.03. The van der Waals surface area contributed by atoms with Gasteiger partial charge in [0.1, 0.15) is 12.1 Å². The summed E-state index contributed by atoms with van der Waals surface area (Å²) in [5.74, 6) is 0.354. The Labute approximate surface area is 249 Å². The third kappa shape index (κ3) is 6.53. The van der Waals surface area contributed by atoms with Crippen LogP contribution in [-0.4, -0.2) is 74.5 Å². The summed E-state index contributed by atoms with van der Waals surface area (Å²) in [4.78, 5) is 43.9. The number of amides is 2. The van der Waals surface area contributed by atoms with Gasteiger partial charge in [-0.1, -0.05) is 18.2 Å². The summed E-state index contributed by atoms with van der Waals surface area (Å²) in [6.07, 6.45) is 6.44. The molecular weight excluding hydrogens is 542 g/mol. The molecule has 6 rings (SSSR count). The number of carbonyl (C=O) groups excluding carboxylic acids is 2. The van der Waals surface area contributed by atoms with Gasteiger partial charge in [0, 0.05) is 62.1 Å². The Bertz CT molecular complexity index is 1740. The van der Waals surface area contributed by atoms with Crippen LogP contribution in [0.25, 0.3) is 11.0 Å². The monoisotopic (exact) mass is 575 g/mol. The van der Waals surface area contributed by atoms with Gasteiger partial charge in [-0.3, -0.25) is 19.2 Å². The first kappa shape index (κ1) is 28.0. The molecular formula is C32H33N9O2. The van der Waals surface area contributed by atoms with Crippen molar-refractivity contribution in [3.63, 3.8) is 0 Å². The summed E-state index contributed by atoms with van der Waals surface area (Å²) in [5.41, 5.74) is 4.99. The predicted molar refractivity (Wildman–Crippen MR) is 168 cm³/mol. The number of fused-ring (bicyclic) bond motifs is 1. The molecule has 218 valence electrons. The SMILES string of the molecule is Cc1ccc(NC(=O)c2ccc(CN3CCN(C)CC3)cc2)cc1NC(=O)n1ccc2c(Nc3cccnc3)ncnc21. The Kier molecular flexibility index (Phi) is 8.07. The number of rotatable bonds is 7. The molecule has 11 heteroatoms. The van der Waals surface area contributed by atoms with E-state index in [2.05, 4.69) is 47.7 Å². The number of carbonyl (C=O) groups is 2. The Morgan fingerprint density at radius 3 is 2.49 bits per heavy atom. The van der Waals surface area contributed by atoms with E-state index in [1.807, 2.05) is 55.5 Å². The molecule has 0 atom stereocenters. The van der Waals surface area contributed by atoms with Crippen LogP contribution in [0.4, 0.5) is 27.7 Å². The van der Waals surface area contributed by atoms with E-state index in [0.717, 1.165) is 44.0 Å². The Balaban J connectivity index is 1.12. The van der Waals surface area contributed by atoms with Gasteiger partial charge in [-0.2, -0.15) is 0 Å². The molecule has 3 N–H and O–H groups in total. The van der Waals surface area contributed by atoms with Crippen molar-refractivity contribution in [2.24, 2.45) is 0 Å². The van der Waals surface area contributed by atoms with Gasteiger partial charge in [0.2, 0.25) is 0 Å². The molecule has 0 radical (unpaired) electrons. The molecule has 0 aliphatic carbocycles. The molecule has 11 nitrogen and oxygen atoms in total. The zero-order valence-corrected chi connectivity index (χ0v) is 24.1. The lowest BCUT2D eigenvalue weighted by molar-refractivity contribution is 0.102. The van der Waals surface area contributed by atoms with Gasteiger partial charge in [-0.25, -0.2) is 14.8 Å². The Morgan fingerprint density at radius 2 is 1.72 bits per heavy atom. The normalized spacial score (nSPS) is 14.0. The molecule has 2 aromatic carbocycles. The van der Waals surface area contributed by atoms with Crippen LogP contribution in [0.1, 0.15) is 21.5 Å². The molecule has 0 unspecified atom stereocenters. The summed E-state index contributed by atoms with van der Waals surface area (Å²) in [6.45, 7) is 7.00. The highest BCUT2D eigenvalue weighted by Gasteiger charge is 2.17. The molecule has 1 fully saturated rings. The van der Waals surface area contributed by atoms with Crippen LogP contribution < -0.4 is 16.0 Å². The van der Waals surface area contributed by atoms with Gasteiger partial charge in [-0.05, 0) is 67.6 Å². The maximum Gasteiger partial charge on any atom is 0.331 e. The zero-order chi connectivity index (χ0) is 29.8. The molecule has 1 aliphatic heterocycles. The molecule has 5 aromatic rings.